The van der Waals surface area contributed by atoms with Crippen molar-refractivity contribution in [3.8, 4) is 0 Å². The fourth-order valence-electron chi connectivity index (χ4n) is 1.52. The number of methoxy groups -OCH3 is 1. The summed E-state index contributed by atoms with van der Waals surface area (Å²) in [6.07, 6.45) is 7.98. The molecule has 4 nitrogen and oxygen atoms in total. The van der Waals surface area contributed by atoms with Gasteiger partial charge in [0.05, 0.1) is 7.11 Å². The number of esters is 1. The third-order valence-electron chi connectivity index (χ3n) is 2.61. The summed E-state index contributed by atoms with van der Waals surface area (Å²) in [4.78, 5) is 21.0. The monoisotopic (exact) mass is 243 g/mol. The average molecular weight is 243 g/mol. The van der Waals surface area contributed by atoms with Crippen molar-refractivity contribution in [2.24, 2.45) is 0 Å². The lowest BCUT2D eigenvalue weighted by Crippen LogP contribution is -2.21. The van der Waals surface area contributed by atoms with Crippen LogP contribution in [-0.2, 0) is 14.3 Å². The number of amides is 1. The Labute approximate surface area is 104 Å². The third-order valence-corrected chi connectivity index (χ3v) is 2.61. The highest BCUT2D eigenvalue weighted by Gasteiger charge is 2.03. The molecule has 1 fully saturated rings. The van der Waals surface area contributed by atoms with Crippen molar-refractivity contribution in [3.63, 3.8) is 0 Å². The van der Waals surface area contributed by atoms with Crippen molar-refractivity contribution in [2.45, 2.75) is 58.3 Å². The zero-order chi connectivity index (χ0) is 12.9. The van der Waals surface area contributed by atoms with E-state index in [1.807, 2.05) is 0 Å². The molecule has 17 heavy (non-hydrogen) atoms. The van der Waals surface area contributed by atoms with Gasteiger partial charge < -0.3 is 10.1 Å². The Morgan fingerprint density at radius 2 is 2.06 bits per heavy atom. The van der Waals surface area contributed by atoms with Crippen molar-refractivity contribution >= 4 is 11.9 Å². The summed E-state index contributed by atoms with van der Waals surface area (Å²) >= 11 is 0. The van der Waals surface area contributed by atoms with E-state index in [2.05, 4.69) is 17.0 Å². The molecule has 0 aliphatic carbocycles. The summed E-state index contributed by atoms with van der Waals surface area (Å²) < 4.78 is 4.46. The molecule has 1 amide bonds. The molecule has 4 heteroatoms. The first-order chi connectivity index (χ1) is 8.20. The molecule has 0 aromatic carbocycles. The summed E-state index contributed by atoms with van der Waals surface area (Å²) in [5, 5.41) is 2.81. The maximum absolute atomic E-state index is 10.6. The van der Waals surface area contributed by atoms with Crippen molar-refractivity contribution in [2.75, 3.05) is 13.7 Å². The maximum Gasteiger partial charge on any atom is 0.305 e. The average Bonchev–Trinajstić information content (AvgIpc) is 2.58. The minimum absolute atomic E-state index is 0.0940. The highest BCUT2D eigenvalue weighted by molar-refractivity contribution is 5.75. The molecule has 0 aromatic rings. The van der Waals surface area contributed by atoms with Crippen molar-refractivity contribution in [3.05, 3.63) is 0 Å². The molecule has 0 radical (unpaired) electrons. The Bertz CT molecular complexity index is 207. The molecule has 1 N–H and O–H groups in total. The Balaban J connectivity index is 0.000000302. The number of hydrogen-bond donors (Lipinski definition) is 1. The second-order valence-electron chi connectivity index (χ2n) is 4.19. The molecule has 0 bridgehead atoms. The first-order valence-corrected chi connectivity index (χ1v) is 6.54. The fourth-order valence-corrected chi connectivity index (χ4v) is 1.52. The van der Waals surface area contributed by atoms with E-state index in [1.165, 1.54) is 13.5 Å². The maximum atomic E-state index is 10.6. The first-order valence-electron chi connectivity index (χ1n) is 6.54. The zero-order valence-corrected chi connectivity index (χ0v) is 11.1. The second kappa shape index (κ2) is 11.4. The van der Waals surface area contributed by atoms with Crippen LogP contribution in [0.5, 0.6) is 0 Å². The Kier molecular flexibility index (Phi) is 10.7. The van der Waals surface area contributed by atoms with E-state index in [9.17, 15) is 9.59 Å². The van der Waals surface area contributed by atoms with Crippen molar-refractivity contribution in [1.29, 1.82) is 0 Å². The molecular weight excluding hydrogens is 218 g/mol. The third kappa shape index (κ3) is 11.2. The molecule has 0 aromatic heterocycles. The van der Waals surface area contributed by atoms with Crippen molar-refractivity contribution < 1.29 is 14.3 Å². The number of carbonyl (C=O) groups excluding carboxylic acids is 2. The van der Waals surface area contributed by atoms with E-state index in [1.54, 1.807) is 0 Å². The quantitative estimate of drug-likeness (QED) is 0.609. The number of hydrogen-bond acceptors (Lipinski definition) is 3. The van der Waals surface area contributed by atoms with Gasteiger partial charge in [-0.05, 0) is 19.3 Å². The van der Waals surface area contributed by atoms with E-state index in [-0.39, 0.29) is 11.9 Å². The first kappa shape index (κ1) is 15.9. The van der Waals surface area contributed by atoms with Gasteiger partial charge >= 0.3 is 5.97 Å². The van der Waals surface area contributed by atoms with E-state index >= 15 is 0 Å². The van der Waals surface area contributed by atoms with Gasteiger partial charge in [0.25, 0.3) is 0 Å². The summed E-state index contributed by atoms with van der Waals surface area (Å²) in [5.74, 6) is 0.131. The largest absolute Gasteiger partial charge is 0.469 e. The van der Waals surface area contributed by atoms with Gasteiger partial charge in [0.1, 0.15) is 0 Å². The standard InChI is InChI=1S/C7H14O2.C6H11NO/c1-3-4-5-6-7(8)9-2;8-6-4-2-1-3-5-7-6/h3-6H2,1-2H3;1-5H2,(H,7,8). The van der Waals surface area contributed by atoms with E-state index in [4.69, 9.17) is 0 Å². The molecule has 1 heterocycles. The molecule has 0 spiro atoms. The number of rotatable bonds is 4. The summed E-state index contributed by atoms with van der Waals surface area (Å²) in [6, 6.07) is 0. The molecule has 1 aliphatic heterocycles. The molecule has 100 valence electrons. The molecular formula is C13H25NO3. The Hall–Kier alpha value is -1.06. The van der Waals surface area contributed by atoms with Gasteiger partial charge in [0, 0.05) is 19.4 Å². The lowest BCUT2D eigenvalue weighted by atomic mass is 10.2. The van der Waals surface area contributed by atoms with Crippen LogP contribution in [0.3, 0.4) is 0 Å². The van der Waals surface area contributed by atoms with E-state index in [0.717, 1.165) is 45.1 Å². The second-order valence-corrected chi connectivity index (χ2v) is 4.19. The van der Waals surface area contributed by atoms with Crippen LogP contribution in [0.15, 0.2) is 0 Å². The smallest absolute Gasteiger partial charge is 0.305 e. The zero-order valence-electron chi connectivity index (χ0n) is 11.1. The van der Waals surface area contributed by atoms with Crippen LogP contribution in [0.2, 0.25) is 0 Å². The van der Waals surface area contributed by atoms with Gasteiger partial charge in [-0.3, -0.25) is 9.59 Å². The molecule has 0 saturated carbocycles. The summed E-state index contributed by atoms with van der Waals surface area (Å²) in [7, 11) is 1.42. The van der Waals surface area contributed by atoms with Gasteiger partial charge in [-0.25, -0.2) is 0 Å². The van der Waals surface area contributed by atoms with Gasteiger partial charge in [-0.2, -0.15) is 0 Å². The van der Waals surface area contributed by atoms with Gasteiger partial charge in [0.2, 0.25) is 5.91 Å². The van der Waals surface area contributed by atoms with E-state index in [0.29, 0.717) is 6.42 Å². The lowest BCUT2D eigenvalue weighted by Gasteiger charge is -1.95. The van der Waals surface area contributed by atoms with Gasteiger partial charge in [0.15, 0.2) is 0 Å². The lowest BCUT2D eigenvalue weighted by molar-refractivity contribution is -0.140. The topological polar surface area (TPSA) is 55.4 Å². The van der Waals surface area contributed by atoms with Crippen LogP contribution in [0.4, 0.5) is 0 Å². The summed E-state index contributed by atoms with van der Waals surface area (Å²) in [6.45, 7) is 3.00. The van der Waals surface area contributed by atoms with Gasteiger partial charge in [-0.1, -0.05) is 26.2 Å². The molecule has 1 rings (SSSR count). The van der Waals surface area contributed by atoms with Crippen molar-refractivity contribution in [1.82, 2.24) is 5.32 Å². The number of ether oxygens (including phenoxy) is 1. The number of unbranched alkanes of at least 4 members (excludes halogenated alkanes) is 2. The predicted molar refractivity (Wildman–Crippen MR) is 67.6 cm³/mol. The molecule has 0 unspecified atom stereocenters. The minimum Gasteiger partial charge on any atom is -0.469 e. The summed E-state index contributed by atoms with van der Waals surface area (Å²) in [5.41, 5.74) is 0. The highest BCUT2D eigenvalue weighted by Crippen LogP contribution is 2.02. The minimum atomic E-state index is -0.0940. The van der Waals surface area contributed by atoms with Crippen LogP contribution in [-0.4, -0.2) is 25.5 Å². The van der Waals surface area contributed by atoms with Crippen LogP contribution >= 0.6 is 0 Å². The number of nitrogens with one attached hydrogen (secondary N) is 1. The molecule has 0 atom stereocenters. The number of carbonyl (C=O) groups is 2. The highest BCUT2D eigenvalue weighted by atomic mass is 16.5. The Morgan fingerprint density at radius 1 is 1.29 bits per heavy atom. The normalized spacial score (nSPS) is 15.1. The Morgan fingerprint density at radius 3 is 2.71 bits per heavy atom. The van der Waals surface area contributed by atoms with Crippen LogP contribution in [0.1, 0.15) is 58.3 Å². The van der Waals surface area contributed by atoms with Crippen LogP contribution in [0.25, 0.3) is 0 Å². The van der Waals surface area contributed by atoms with Gasteiger partial charge in [-0.15, -0.1) is 0 Å². The molecule has 1 saturated heterocycles. The predicted octanol–water partition coefficient (Wildman–Crippen LogP) is 2.42. The SMILES string of the molecule is CCCCCC(=O)OC.O=C1CCCCCN1. The van der Waals surface area contributed by atoms with Crippen LogP contribution < -0.4 is 5.32 Å². The van der Waals surface area contributed by atoms with Crippen LogP contribution in [0, 0.1) is 0 Å². The fraction of sp³-hybridized carbons (Fsp3) is 0.846. The molecule has 1 aliphatic rings. The van der Waals surface area contributed by atoms with E-state index < -0.39 is 0 Å².